The van der Waals surface area contributed by atoms with Crippen LogP contribution in [0.15, 0.2) is 48.5 Å². The molecule has 2 aromatic rings. The van der Waals surface area contributed by atoms with Gasteiger partial charge in [0.1, 0.15) is 18.2 Å². The number of nitrogens with one attached hydrogen (secondary N) is 1. The second-order valence-corrected chi connectivity index (χ2v) is 7.18. The number of hydrogen-bond acceptors (Lipinski definition) is 5. The molecule has 1 saturated heterocycles. The van der Waals surface area contributed by atoms with Gasteiger partial charge in [-0.3, -0.25) is 15.1 Å². The number of hydrogen-bond donors (Lipinski definition) is 3. The van der Waals surface area contributed by atoms with Crippen LogP contribution in [0.2, 0.25) is 0 Å². The van der Waals surface area contributed by atoms with E-state index in [4.69, 9.17) is 20.6 Å². The van der Waals surface area contributed by atoms with E-state index in [-0.39, 0.29) is 12.4 Å². The number of anilines is 1. The molecule has 2 aromatic carbocycles. The number of nitrogens with two attached hydrogens (primary N) is 1. The van der Waals surface area contributed by atoms with E-state index in [1.807, 2.05) is 19.1 Å². The van der Waals surface area contributed by atoms with Gasteiger partial charge in [-0.1, -0.05) is 19.1 Å². The van der Waals surface area contributed by atoms with E-state index in [2.05, 4.69) is 0 Å². The minimum atomic E-state index is -0.790. The van der Waals surface area contributed by atoms with Crippen molar-refractivity contribution in [2.24, 2.45) is 11.7 Å². The molecule has 1 amide bonds. The molecule has 8 nitrogen and oxygen atoms in total. The van der Waals surface area contributed by atoms with Gasteiger partial charge in [-0.15, -0.1) is 0 Å². The number of benzene rings is 2. The Bertz CT molecular complexity index is 911. The summed E-state index contributed by atoms with van der Waals surface area (Å²) in [6.07, 6.45) is 0.188. The van der Waals surface area contributed by atoms with Gasteiger partial charge in [-0.25, -0.2) is 4.79 Å². The zero-order chi connectivity index (χ0) is 21.7. The van der Waals surface area contributed by atoms with Gasteiger partial charge in [0, 0.05) is 11.3 Å². The third kappa shape index (κ3) is 5.08. The first-order valence-electron chi connectivity index (χ1n) is 9.74. The Morgan fingerprint density at radius 3 is 2.50 bits per heavy atom. The summed E-state index contributed by atoms with van der Waals surface area (Å²) in [5.41, 5.74) is 7.64. The second-order valence-electron chi connectivity index (χ2n) is 7.18. The topological polar surface area (TPSA) is 126 Å². The minimum Gasteiger partial charge on any atom is -0.490 e. The summed E-state index contributed by atoms with van der Waals surface area (Å²) in [5, 5.41) is 16.6. The summed E-state index contributed by atoms with van der Waals surface area (Å²) in [5.74, 6) is -0.593. The quantitative estimate of drug-likeness (QED) is 0.430. The van der Waals surface area contributed by atoms with Gasteiger partial charge in [0.15, 0.2) is 6.10 Å². The number of amidine groups is 1. The Morgan fingerprint density at radius 2 is 1.93 bits per heavy atom. The number of cyclic esters (lactones) is 1. The molecular formula is C22H25N3O5. The van der Waals surface area contributed by atoms with E-state index in [0.717, 1.165) is 5.56 Å². The molecule has 2 unspecified atom stereocenters. The maximum absolute atomic E-state index is 12.2. The number of amides is 1. The van der Waals surface area contributed by atoms with E-state index in [1.165, 1.54) is 4.90 Å². The second kappa shape index (κ2) is 9.30. The summed E-state index contributed by atoms with van der Waals surface area (Å²) in [6, 6.07) is 14.1. The number of nitrogen functional groups attached to an aromatic ring is 1. The number of carboxylic acid groups (broad SMARTS) is 1. The lowest BCUT2D eigenvalue weighted by Gasteiger charge is -2.14. The molecule has 0 bridgehead atoms. The predicted molar refractivity (Wildman–Crippen MR) is 112 cm³/mol. The Labute approximate surface area is 174 Å². The fraction of sp³-hybridized carbons (Fsp3) is 0.318. The largest absolute Gasteiger partial charge is 0.490 e. The van der Waals surface area contributed by atoms with Crippen molar-refractivity contribution < 1.29 is 24.2 Å². The summed E-state index contributed by atoms with van der Waals surface area (Å²) in [6.45, 7) is 2.42. The van der Waals surface area contributed by atoms with Crippen molar-refractivity contribution >= 4 is 23.6 Å². The molecule has 0 saturated carbocycles. The highest BCUT2D eigenvalue weighted by molar-refractivity contribution is 5.96. The first-order chi connectivity index (χ1) is 14.4. The average Bonchev–Trinajstić information content (AvgIpc) is 3.11. The highest BCUT2D eigenvalue weighted by atomic mass is 16.6. The van der Waals surface area contributed by atoms with Crippen molar-refractivity contribution in [3.63, 3.8) is 0 Å². The third-order valence-corrected chi connectivity index (χ3v) is 5.05. The lowest BCUT2D eigenvalue weighted by atomic mass is 9.97. The van der Waals surface area contributed by atoms with Crippen molar-refractivity contribution in [2.45, 2.75) is 25.9 Å². The number of carboxylic acids is 1. The highest BCUT2D eigenvalue weighted by Crippen LogP contribution is 2.23. The van der Waals surface area contributed by atoms with Gasteiger partial charge in [-0.05, 0) is 54.8 Å². The maximum atomic E-state index is 12.2. The SMILES string of the molecule is CCC(Cc1ccc(OCC2CN(c3ccc(C(=N)N)cc3)C(=O)O2)cc1)C(=O)O. The van der Waals surface area contributed by atoms with Crippen molar-refractivity contribution in [1.82, 2.24) is 0 Å². The Kier molecular flexibility index (Phi) is 6.56. The van der Waals surface area contributed by atoms with Crippen LogP contribution in [0.25, 0.3) is 0 Å². The lowest BCUT2D eigenvalue weighted by Crippen LogP contribution is -2.26. The molecule has 1 aliphatic heterocycles. The molecule has 1 aliphatic rings. The first-order valence-corrected chi connectivity index (χ1v) is 9.74. The standard InChI is InChI=1S/C22H25N3O5/c1-2-15(21(26)27)11-14-3-9-18(10-4-14)29-13-19-12-25(22(28)30-19)17-7-5-16(6-8-17)20(23)24/h3-10,15,19H,2,11-13H2,1H3,(H3,23,24)(H,26,27). The average molecular weight is 411 g/mol. The van der Waals surface area contributed by atoms with Crippen LogP contribution in [0, 0.1) is 11.3 Å². The molecule has 8 heteroatoms. The van der Waals surface area contributed by atoms with Gasteiger partial charge < -0.3 is 20.3 Å². The smallest absolute Gasteiger partial charge is 0.414 e. The Hall–Kier alpha value is -3.55. The summed E-state index contributed by atoms with van der Waals surface area (Å²) in [4.78, 5) is 24.9. The van der Waals surface area contributed by atoms with Crippen molar-refractivity contribution in [2.75, 3.05) is 18.1 Å². The number of aliphatic carboxylic acids is 1. The molecule has 3 rings (SSSR count). The van der Waals surface area contributed by atoms with Gasteiger partial charge in [0.25, 0.3) is 0 Å². The third-order valence-electron chi connectivity index (χ3n) is 5.05. The number of rotatable bonds is 9. The van der Waals surface area contributed by atoms with Gasteiger partial charge in [0.2, 0.25) is 0 Å². The lowest BCUT2D eigenvalue weighted by molar-refractivity contribution is -0.141. The molecule has 30 heavy (non-hydrogen) atoms. The number of carbonyl (C=O) groups excluding carboxylic acids is 1. The van der Waals surface area contributed by atoms with Gasteiger partial charge in [-0.2, -0.15) is 0 Å². The van der Waals surface area contributed by atoms with E-state index >= 15 is 0 Å². The van der Waals surface area contributed by atoms with Crippen LogP contribution in [-0.2, 0) is 16.0 Å². The number of ether oxygens (including phenoxy) is 2. The predicted octanol–water partition coefficient (Wildman–Crippen LogP) is 3.03. The molecule has 0 aliphatic carbocycles. The molecule has 1 fully saturated rings. The van der Waals surface area contributed by atoms with E-state index in [1.54, 1.807) is 36.4 Å². The molecular weight excluding hydrogens is 386 g/mol. The molecule has 0 spiro atoms. The minimum absolute atomic E-state index is 0.0315. The zero-order valence-electron chi connectivity index (χ0n) is 16.7. The van der Waals surface area contributed by atoms with E-state index < -0.39 is 24.1 Å². The molecule has 158 valence electrons. The molecule has 1 heterocycles. The van der Waals surface area contributed by atoms with Crippen LogP contribution in [0.1, 0.15) is 24.5 Å². The zero-order valence-corrected chi connectivity index (χ0v) is 16.7. The van der Waals surface area contributed by atoms with Crippen LogP contribution in [-0.4, -0.2) is 42.3 Å². The Balaban J connectivity index is 1.53. The van der Waals surface area contributed by atoms with Crippen molar-refractivity contribution in [3.05, 3.63) is 59.7 Å². The van der Waals surface area contributed by atoms with Crippen LogP contribution in [0.5, 0.6) is 5.75 Å². The number of nitrogens with zero attached hydrogens (tertiary/aromatic N) is 1. The molecule has 2 atom stereocenters. The molecule has 4 N–H and O–H groups in total. The van der Waals surface area contributed by atoms with Crippen LogP contribution < -0.4 is 15.4 Å². The van der Waals surface area contributed by atoms with Crippen molar-refractivity contribution in [3.8, 4) is 5.75 Å². The number of carbonyl (C=O) groups is 2. The van der Waals surface area contributed by atoms with Gasteiger partial charge in [0.05, 0.1) is 12.5 Å². The van der Waals surface area contributed by atoms with Crippen LogP contribution in [0.3, 0.4) is 0 Å². The summed E-state index contributed by atoms with van der Waals surface area (Å²) < 4.78 is 11.1. The summed E-state index contributed by atoms with van der Waals surface area (Å²) >= 11 is 0. The molecule has 0 radical (unpaired) electrons. The molecule has 0 aromatic heterocycles. The Morgan fingerprint density at radius 1 is 1.27 bits per heavy atom. The fourth-order valence-electron chi connectivity index (χ4n) is 3.24. The fourth-order valence-corrected chi connectivity index (χ4v) is 3.24. The first kappa shape index (κ1) is 21.2. The maximum Gasteiger partial charge on any atom is 0.414 e. The summed E-state index contributed by atoms with van der Waals surface area (Å²) in [7, 11) is 0. The van der Waals surface area contributed by atoms with E-state index in [0.29, 0.717) is 36.4 Å². The van der Waals surface area contributed by atoms with Crippen molar-refractivity contribution in [1.29, 1.82) is 5.41 Å². The van der Waals surface area contributed by atoms with Crippen LogP contribution in [0.4, 0.5) is 10.5 Å². The van der Waals surface area contributed by atoms with E-state index in [9.17, 15) is 14.7 Å². The highest BCUT2D eigenvalue weighted by Gasteiger charge is 2.32. The van der Waals surface area contributed by atoms with Gasteiger partial charge >= 0.3 is 12.1 Å². The van der Waals surface area contributed by atoms with Crippen LogP contribution >= 0.6 is 0 Å². The normalized spacial score (nSPS) is 16.8. The monoisotopic (exact) mass is 411 g/mol.